The molecule has 4 rings (SSSR count). The van der Waals surface area contributed by atoms with E-state index in [-0.39, 0.29) is 29.2 Å². The monoisotopic (exact) mass is 487 g/mol. The lowest BCUT2D eigenvalue weighted by molar-refractivity contribution is -0.128. The SMILES string of the molecule is O=C(CNC(=O)C1CCCCC1)Nc1ccc(NS(=O)(=O)c2ccc3c(c2)OCCCO3)cc1. The number of rotatable bonds is 7. The lowest BCUT2D eigenvalue weighted by Crippen LogP contribution is -2.37. The van der Waals surface area contributed by atoms with Crippen molar-refractivity contribution in [1.29, 1.82) is 0 Å². The van der Waals surface area contributed by atoms with Crippen molar-refractivity contribution >= 4 is 33.2 Å². The van der Waals surface area contributed by atoms with Gasteiger partial charge in [0.25, 0.3) is 10.0 Å². The topological polar surface area (TPSA) is 123 Å². The molecule has 0 unspecified atom stereocenters. The molecular formula is C24H29N3O6S. The fourth-order valence-corrected chi connectivity index (χ4v) is 5.10. The van der Waals surface area contributed by atoms with Gasteiger partial charge in [-0.15, -0.1) is 0 Å². The third-order valence-electron chi connectivity index (χ3n) is 5.85. The summed E-state index contributed by atoms with van der Waals surface area (Å²) in [6, 6.07) is 10.8. The first-order chi connectivity index (χ1) is 16.4. The Balaban J connectivity index is 1.31. The van der Waals surface area contributed by atoms with Crippen molar-refractivity contribution in [3.63, 3.8) is 0 Å². The standard InChI is InChI=1S/C24H29N3O6S/c28-23(16-25-24(29)17-5-2-1-3-6-17)26-18-7-9-19(10-8-18)27-34(30,31)20-11-12-21-22(15-20)33-14-4-13-32-21/h7-12,15,17,27H,1-6,13-14,16H2,(H,25,29)(H,26,28). The molecule has 9 nitrogen and oxygen atoms in total. The Labute approximate surface area is 199 Å². The average molecular weight is 488 g/mol. The fraction of sp³-hybridized carbons (Fsp3) is 0.417. The van der Waals surface area contributed by atoms with Crippen molar-refractivity contribution < 1.29 is 27.5 Å². The third kappa shape index (κ3) is 6.19. The van der Waals surface area contributed by atoms with Crippen LogP contribution in [0, 0.1) is 5.92 Å². The summed E-state index contributed by atoms with van der Waals surface area (Å²) in [5, 5.41) is 5.40. The number of amides is 2. The van der Waals surface area contributed by atoms with E-state index in [1.165, 1.54) is 12.1 Å². The first-order valence-electron chi connectivity index (χ1n) is 11.5. The van der Waals surface area contributed by atoms with Crippen LogP contribution in [-0.2, 0) is 19.6 Å². The van der Waals surface area contributed by atoms with Gasteiger partial charge in [0.15, 0.2) is 11.5 Å². The number of anilines is 2. The molecule has 0 bridgehead atoms. The van der Waals surface area contributed by atoms with E-state index >= 15 is 0 Å². The van der Waals surface area contributed by atoms with E-state index in [1.807, 2.05) is 0 Å². The smallest absolute Gasteiger partial charge is 0.262 e. The molecule has 3 N–H and O–H groups in total. The van der Waals surface area contributed by atoms with Crippen LogP contribution < -0.4 is 24.8 Å². The van der Waals surface area contributed by atoms with Crippen LogP contribution in [0.25, 0.3) is 0 Å². The molecule has 10 heteroatoms. The van der Waals surface area contributed by atoms with Gasteiger partial charge in [0, 0.05) is 29.8 Å². The van der Waals surface area contributed by atoms with Crippen molar-refractivity contribution in [2.24, 2.45) is 5.92 Å². The first kappa shape index (κ1) is 23.9. The molecule has 1 aliphatic heterocycles. The maximum absolute atomic E-state index is 12.8. The molecule has 0 saturated heterocycles. The van der Waals surface area contributed by atoms with Crippen LogP contribution >= 0.6 is 0 Å². The zero-order valence-corrected chi connectivity index (χ0v) is 19.7. The number of hydrogen-bond acceptors (Lipinski definition) is 6. The van der Waals surface area contributed by atoms with Gasteiger partial charge >= 0.3 is 0 Å². The Morgan fingerprint density at radius 2 is 1.53 bits per heavy atom. The van der Waals surface area contributed by atoms with E-state index in [9.17, 15) is 18.0 Å². The Bertz CT molecular complexity index is 1130. The predicted molar refractivity (Wildman–Crippen MR) is 128 cm³/mol. The summed E-state index contributed by atoms with van der Waals surface area (Å²) in [6.45, 7) is 0.877. The van der Waals surface area contributed by atoms with Crippen molar-refractivity contribution in [2.75, 3.05) is 29.8 Å². The highest BCUT2D eigenvalue weighted by molar-refractivity contribution is 7.92. The van der Waals surface area contributed by atoms with Crippen LogP contribution in [0.4, 0.5) is 11.4 Å². The van der Waals surface area contributed by atoms with Crippen molar-refractivity contribution in [2.45, 2.75) is 43.4 Å². The Kier molecular flexibility index (Phi) is 7.56. The summed E-state index contributed by atoms with van der Waals surface area (Å²) >= 11 is 0. The zero-order valence-electron chi connectivity index (χ0n) is 18.8. The first-order valence-corrected chi connectivity index (χ1v) is 13.0. The fourth-order valence-electron chi connectivity index (χ4n) is 4.03. The van der Waals surface area contributed by atoms with E-state index in [0.29, 0.717) is 36.1 Å². The minimum absolute atomic E-state index is 0.00694. The molecule has 0 radical (unpaired) electrons. The maximum Gasteiger partial charge on any atom is 0.262 e. The van der Waals surface area contributed by atoms with E-state index in [1.54, 1.807) is 30.3 Å². The lowest BCUT2D eigenvalue weighted by atomic mass is 9.89. The molecule has 1 saturated carbocycles. The van der Waals surface area contributed by atoms with E-state index < -0.39 is 10.0 Å². The molecule has 2 amide bonds. The minimum atomic E-state index is -3.84. The molecule has 1 heterocycles. The number of hydrogen-bond donors (Lipinski definition) is 3. The van der Waals surface area contributed by atoms with Gasteiger partial charge in [-0.3, -0.25) is 14.3 Å². The summed E-state index contributed by atoms with van der Waals surface area (Å²) in [6.07, 6.45) is 5.73. The highest BCUT2D eigenvalue weighted by Crippen LogP contribution is 2.32. The second-order valence-electron chi connectivity index (χ2n) is 8.44. The molecule has 182 valence electrons. The largest absolute Gasteiger partial charge is 0.490 e. The van der Waals surface area contributed by atoms with E-state index in [0.717, 1.165) is 38.5 Å². The molecule has 1 aliphatic carbocycles. The second-order valence-corrected chi connectivity index (χ2v) is 10.1. The van der Waals surface area contributed by atoms with Gasteiger partial charge in [0.05, 0.1) is 24.7 Å². The number of fused-ring (bicyclic) bond motifs is 1. The van der Waals surface area contributed by atoms with Crippen LogP contribution in [0.5, 0.6) is 11.5 Å². The van der Waals surface area contributed by atoms with Gasteiger partial charge in [-0.25, -0.2) is 8.42 Å². The molecule has 2 aromatic carbocycles. The van der Waals surface area contributed by atoms with Crippen LogP contribution in [0.2, 0.25) is 0 Å². The quantitative estimate of drug-likeness (QED) is 0.551. The Hall–Kier alpha value is -3.27. The number of nitrogens with one attached hydrogen (secondary N) is 3. The van der Waals surface area contributed by atoms with Crippen LogP contribution in [-0.4, -0.2) is 40.0 Å². The van der Waals surface area contributed by atoms with Gasteiger partial charge in [-0.2, -0.15) is 0 Å². The molecule has 1 fully saturated rings. The number of ether oxygens (including phenoxy) is 2. The number of sulfonamides is 1. The highest BCUT2D eigenvalue weighted by Gasteiger charge is 2.21. The summed E-state index contributed by atoms with van der Waals surface area (Å²) in [7, 11) is -3.84. The normalized spacial score (nSPS) is 16.2. The minimum Gasteiger partial charge on any atom is -0.490 e. The lowest BCUT2D eigenvalue weighted by Gasteiger charge is -2.20. The van der Waals surface area contributed by atoms with Gasteiger partial charge in [0.1, 0.15) is 0 Å². The Morgan fingerprint density at radius 1 is 0.853 bits per heavy atom. The molecule has 34 heavy (non-hydrogen) atoms. The van der Waals surface area contributed by atoms with Gasteiger partial charge in [0.2, 0.25) is 11.8 Å². The van der Waals surface area contributed by atoms with Crippen LogP contribution in [0.15, 0.2) is 47.4 Å². The molecule has 0 spiro atoms. The summed E-state index contributed by atoms with van der Waals surface area (Å²) in [5.41, 5.74) is 0.839. The maximum atomic E-state index is 12.8. The molecular weight excluding hydrogens is 458 g/mol. The number of carbonyl (C=O) groups excluding carboxylic acids is 2. The van der Waals surface area contributed by atoms with E-state index in [2.05, 4.69) is 15.4 Å². The summed E-state index contributed by atoms with van der Waals surface area (Å²) < 4.78 is 39.2. The molecule has 2 aromatic rings. The molecule has 0 aromatic heterocycles. The van der Waals surface area contributed by atoms with Gasteiger partial charge in [-0.05, 0) is 49.2 Å². The number of benzene rings is 2. The second kappa shape index (κ2) is 10.8. The zero-order chi connectivity index (χ0) is 24.0. The Morgan fingerprint density at radius 3 is 2.26 bits per heavy atom. The van der Waals surface area contributed by atoms with Crippen LogP contribution in [0.1, 0.15) is 38.5 Å². The summed E-state index contributed by atoms with van der Waals surface area (Å²) in [4.78, 5) is 24.4. The predicted octanol–water partition coefficient (Wildman–Crippen LogP) is 3.28. The van der Waals surface area contributed by atoms with Crippen molar-refractivity contribution in [3.05, 3.63) is 42.5 Å². The van der Waals surface area contributed by atoms with E-state index in [4.69, 9.17) is 9.47 Å². The van der Waals surface area contributed by atoms with Crippen LogP contribution in [0.3, 0.4) is 0 Å². The molecule has 2 aliphatic rings. The van der Waals surface area contributed by atoms with Crippen molar-refractivity contribution in [3.8, 4) is 11.5 Å². The van der Waals surface area contributed by atoms with Crippen molar-refractivity contribution in [1.82, 2.24) is 5.32 Å². The number of carbonyl (C=O) groups is 2. The van der Waals surface area contributed by atoms with Gasteiger partial charge < -0.3 is 20.1 Å². The molecule has 0 atom stereocenters. The third-order valence-corrected chi connectivity index (χ3v) is 7.23. The highest BCUT2D eigenvalue weighted by atomic mass is 32.2. The average Bonchev–Trinajstić information content (AvgIpc) is 3.09. The summed E-state index contributed by atoms with van der Waals surface area (Å²) in [5.74, 6) is 0.493. The van der Waals surface area contributed by atoms with Gasteiger partial charge in [-0.1, -0.05) is 19.3 Å².